The summed E-state index contributed by atoms with van der Waals surface area (Å²) in [5.74, 6) is 0. The second-order valence-electron chi connectivity index (χ2n) is 2.71. The van der Waals surface area contributed by atoms with Crippen molar-refractivity contribution in [2.24, 2.45) is 0 Å². The average molecular weight is 148 g/mol. The first-order valence-corrected chi connectivity index (χ1v) is 3.72. The molecule has 0 aliphatic heterocycles. The number of nitrogens with zero attached hydrogens (tertiary/aromatic N) is 2. The maximum atomic E-state index is 12.6. The number of rotatable bonds is 5. The third-order valence-electron chi connectivity index (χ3n) is 1.26. The second-order valence-corrected chi connectivity index (χ2v) is 2.71. The van der Waals surface area contributed by atoms with Crippen LogP contribution in [0.25, 0.3) is 0 Å². The van der Waals surface area contributed by atoms with E-state index in [0.29, 0.717) is 13.1 Å². The molecular formula is C7H17FN2. The largest absolute Gasteiger partial charge is 0.308 e. The van der Waals surface area contributed by atoms with Crippen LogP contribution in [0.5, 0.6) is 0 Å². The van der Waals surface area contributed by atoms with Gasteiger partial charge in [0.05, 0.1) is 0 Å². The molecule has 0 aliphatic rings. The molecule has 0 unspecified atom stereocenters. The molecule has 0 aromatic heterocycles. The molecule has 0 spiro atoms. The third-order valence-corrected chi connectivity index (χ3v) is 1.26. The summed E-state index contributed by atoms with van der Waals surface area (Å²) in [5.41, 5.74) is 0. The van der Waals surface area contributed by atoms with Crippen LogP contribution in [0.1, 0.15) is 13.3 Å². The van der Waals surface area contributed by atoms with E-state index in [1.807, 2.05) is 25.9 Å². The van der Waals surface area contributed by atoms with Gasteiger partial charge in [0.1, 0.15) is 0 Å². The molecular weight excluding hydrogens is 131 g/mol. The van der Waals surface area contributed by atoms with E-state index < -0.39 is 0 Å². The number of hydrogen-bond donors (Lipinski definition) is 0. The zero-order valence-electron chi connectivity index (χ0n) is 7.10. The van der Waals surface area contributed by atoms with Crippen molar-refractivity contribution in [2.45, 2.75) is 13.3 Å². The molecule has 0 atom stereocenters. The number of likely N-dealkylation sites (N-methyl/N-ethyl adjacent to an activating group) is 1. The van der Waals surface area contributed by atoms with Gasteiger partial charge in [0.25, 0.3) is 0 Å². The predicted molar refractivity (Wildman–Crippen MR) is 41.5 cm³/mol. The SMILES string of the molecule is CCCN(F)CCN(C)C. The Morgan fingerprint density at radius 3 is 2.10 bits per heavy atom. The Morgan fingerprint density at radius 2 is 1.70 bits per heavy atom. The fraction of sp³-hybridized carbons (Fsp3) is 1.00. The summed E-state index contributed by atoms with van der Waals surface area (Å²) in [7, 11) is 3.89. The summed E-state index contributed by atoms with van der Waals surface area (Å²) in [5, 5.41) is 0.861. The van der Waals surface area contributed by atoms with Gasteiger partial charge >= 0.3 is 0 Å². The standard InChI is InChI=1S/C7H17FN2/c1-4-5-10(8)7-6-9(2)3/h4-7H2,1-3H3. The van der Waals surface area contributed by atoms with Crippen molar-refractivity contribution in [1.29, 1.82) is 0 Å². The molecule has 0 fully saturated rings. The molecule has 0 heterocycles. The van der Waals surface area contributed by atoms with E-state index in [9.17, 15) is 4.48 Å². The van der Waals surface area contributed by atoms with Gasteiger partial charge in [-0.05, 0) is 20.5 Å². The van der Waals surface area contributed by atoms with Crippen molar-refractivity contribution in [1.82, 2.24) is 10.0 Å². The number of hydrogen-bond acceptors (Lipinski definition) is 2. The van der Waals surface area contributed by atoms with Crippen molar-refractivity contribution in [3.8, 4) is 0 Å². The zero-order valence-corrected chi connectivity index (χ0v) is 7.10. The van der Waals surface area contributed by atoms with Gasteiger partial charge in [0.15, 0.2) is 0 Å². The van der Waals surface area contributed by atoms with Crippen LogP contribution in [0.2, 0.25) is 0 Å². The van der Waals surface area contributed by atoms with E-state index >= 15 is 0 Å². The minimum Gasteiger partial charge on any atom is -0.308 e. The highest BCUT2D eigenvalue weighted by atomic mass is 19.2. The Kier molecular flexibility index (Phi) is 5.54. The quantitative estimate of drug-likeness (QED) is 0.539. The smallest absolute Gasteiger partial charge is 0.0417 e. The molecule has 0 radical (unpaired) electrons. The first-order valence-electron chi connectivity index (χ1n) is 3.72. The van der Waals surface area contributed by atoms with Crippen LogP contribution in [0.4, 0.5) is 4.48 Å². The van der Waals surface area contributed by atoms with Crippen LogP contribution >= 0.6 is 0 Å². The topological polar surface area (TPSA) is 6.48 Å². The predicted octanol–water partition coefficient (Wildman–Crippen LogP) is 1.14. The van der Waals surface area contributed by atoms with Gasteiger partial charge < -0.3 is 4.90 Å². The van der Waals surface area contributed by atoms with Crippen molar-refractivity contribution < 1.29 is 4.48 Å². The first-order chi connectivity index (χ1) is 4.66. The van der Waals surface area contributed by atoms with E-state index in [2.05, 4.69) is 0 Å². The summed E-state index contributed by atoms with van der Waals surface area (Å²) < 4.78 is 12.6. The molecule has 0 aromatic rings. The maximum Gasteiger partial charge on any atom is 0.0417 e. The molecule has 0 N–H and O–H groups in total. The van der Waals surface area contributed by atoms with Gasteiger partial charge in [-0.15, -0.1) is 9.60 Å². The minimum atomic E-state index is 0.515. The Labute approximate surface area is 62.5 Å². The molecule has 0 bridgehead atoms. The molecule has 0 aliphatic carbocycles. The van der Waals surface area contributed by atoms with Crippen molar-refractivity contribution in [2.75, 3.05) is 33.7 Å². The number of halogens is 1. The maximum absolute atomic E-state index is 12.6. The van der Waals surface area contributed by atoms with Crippen LogP contribution in [-0.2, 0) is 0 Å². The van der Waals surface area contributed by atoms with Crippen LogP contribution in [-0.4, -0.2) is 43.8 Å². The minimum absolute atomic E-state index is 0.515. The summed E-state index contributed by atoms with van der Waals surface area (Å²) in [6.45, 7) is 3.83. The van der Waals surface area contributed by atoms with E-state index in [4.69, 9.17) is 0 Å². The van der Waals surface area contributed by atoms with Gasteiger partial charge in [-0.2, -0.15) is 0 Å². The summed E-state index contributed by atoms with van der Waals surface area (Å²) in [6.07, 6.45) is 0.879. The Balaban J connectivity index is 3.12. The summed E-state index contributed by atoms with van der Waals surface area (Å²) in [4.78, 5) is 1.97. The van der Waals surface area contributed by atoms with Gasteiger partial charge in [0, 0.05) is 19.6 Å². The molecule has 2 nitrogen and oxygen atoms in total. The van der Waals surface area contributed by atoms with Crippen LogP contribution in [0.3, 0.4) is 0 Å². The zero-order chi connectivity index (χ0) is 7.98. The van der Waals surface area contributed by atoms with Gasteiger partial charge in [-0.3, -0.25) is 0 Å². The lowest BCUT2D eigenvalue weighted by Crippen LogP contribution is -2.26. The Bertz CT molecular complexity index is 76.0. The highest BCUT2D eigenvalue weighted by Crippen LogP contribution is 1.90. The molecule has 10 heavy (non-hydrogen) atoms. The van der Waals surface area contributed by atoms with Gasteiger partial charge in [-0.1, -0.05) is 6.92 Å². The van der Waals surface area contributed by atoms with Crippen molar-refractivity contribution in [3.05, 3.63) is 0 Å². The highest BCUT2D eigenvalue weighted by molar-refractivity contribution is 4.47. The van der Waals surface area contributed by atoms with Gasteiger partial charge in [0.2, 0.25) is 0 Å². The summed E-state index contributed by atoms with van der Waals surface area (Å²) >= 11 is 0. The van der Waals surface area contributed by atoms with E-state index in [1.54, 1.807) is 0 Å². The van der Waals surface area contributed by atoms with Crippen LogP contribution in [0.15, 0.2) is 0 Å². The average Bonchev–Trinajstić information content (AvgIpc) is 1.85. The lowest BCUT2D eigenvalue weighted by atomic mass is 10.4. The fourth-order valence-electron chi connectivity index (χ4n) is 0.663. The third kappa shape index (κ3) is 5.98. The monoisotopic (exact) mass is 148 g/mol. The molecule has 3 heteroatoms. The molecule has 0 aromatic carbocycles. The summed E-state index contributed by atoms with van der Waals surface area (Å²) in [6, 6.07) is 0. The lowest BCUT2D eigenvalue weighted by Gasteiger charge is -2.13. The molecule has 0 rings (SSSR count). The molecule has 0 amide bonds. The fourth-order valence-corrected chi connectivity index (χ4v) is 0.663. The van der Waals surface area contributed by atoms with Crippen LogP contribution < -0.4 is 0 Å². The highest BCUT2D eigenvalue weighted by Gasteiger charge is 1.99. The normalized spacial score (nSPS) is 11.4. The molecule has 0 saturated heterocycles. The van der Waals surface area contributed by atoms with E-state index in [1.165, 1.54) is 0 Å². The molecule has 62 valence electrons. The Hall–Kier alpha value is -0.150. The van der Waals surface area contributed by atoms with Crippen molar-refractivity contribution >= 4 is 0 Å². The first kappa shape index (κ1) is 9.85. The second kappa shape index (κ2) is 5.62. The Morgan fingerprint density at radius 1 is 1.10 bits per heavy atom. The van der Waals surface area contributed by atoms with Crippen LogP contribution in [0, 0.1) is 0 Å². The van der Waals surface area contributed by atoms with E-state index in [0.717, 1.165) is 18.1 Å². The lowest BCUT2D eigenvalue weighted by molar-refractivity contribution is 0.0198. The van der Waals surface area contributed by atoms with Gasteiger partial charge in [-0.25, -0.2) is 0 Å². The molecule has 0 saturated carbocycles. The van der Waals surface area contributed by atoms with Crippen molar-refractivity contribution in [3.63, 3.8) is 0 Å². The van der Waals surface area contributed by atoms with E-state index in [-0.39, 0.29) is 0 Å².